The van der Waals surface area contributed by atoms with Crippen LogP contribution in [-0.2, 0) is 12.1 Å². The first-order valence-electron chi connectivity index (χ1n) is 9.36. The minimum absolute atomic E-state index is 0.465. The third kappa shape index (κ3) is 4.40. The van der Waals surface area contributed by atoms with Gasteiger partial charge in [-0.1, -0.05) is 11.6 Å². The summed E-state index contributed by atoms with van der Waals surface area (Å²) in [7, 11) is 0. The summed E-state index contributed by atoms with van der Waals surface area (Å²) in [6.07, 6.45) is 6.89. The molecule has 0 aromatic carbocycles. The van der Waals surface area contributed by atoms with Gasteiger partial charge in [-0.3, -0.25) is 9.67 Å². The minimum atomic E-state index is -1.02. The number of aliphatic hydroxyl groups is 1. The van der Waals surface area contributed by atoms with Crippen LogP contribution in [0.15, 0.2) is 63.6 Å². The Bertz CT molecular complexity index is 1150. The number of aryl methyl sites for hydroxylation is 1. The summed E-state index contributed by atoms with van der Waals surface area (Å²) in [6, 6.07) is 7.26. The van der Waals surface area contributed by atoms with E-state index in [9.17, 15) is 5.11 Å². The highest BCUT2D eigenvalue weighted by Crippen LogP contribution is 2.38. The Morgan fingerprint density at radius 1 is 1.10 bits per heavy atom. The molecule has 0 radical (unpaired) electrons. The van der Waals surface area contributed by atoms with Gasteiger partial charge in [0, 0.05) is 30.7 Å². The molecule has 30 heavy (non-hydrogen) atoms. The Hall–Kier alpha value is -2.68. The molecule has 0 aliphatic heterocycles. The fourth-order valence-corrected chi connectivity index (χ4v) is 3.67. The van der Waals surface area contributed by atoms with Gasteiger partial charge in [0.15, 0.2) is 5.09 Å². The van der Waals surface area contributed by atoms with Crippen LogP contribution in [0.2, 0.25) is 5.02 Å². The van der Waals surface area contributed by atoms with E-state index >= 15 is 0 Å². The van der Waals surface area contributed by atoms with Crippen molar-refractivity contribution in [3.05, 3.63) is 59.8 Å². The molecule has 0 saturated heterocycles. The van der Waals surface area contributed by atoms with Crippen molar-refractivity contribution in [2.24, 2.45) is 0 Å². The van der Waals surface area contributed by atoms with Crippen molar-refractivity contribution in [2.45, 2.75) is 43.0 Å². The van der Waals surface area contributed by atoms with Crippen molar-refractivity contribution in [1.82, 2.24) is 24.7 Å². The van der Waals surface area contributed by atoms with Crippen LogP contribution in [-0.4, -0.2) is 29.8 Å². The molecule has 0 spiro atoms. The van der Waals surface area contributed by atoms with Crippen LogP contribution in [0.1, 0.15) is 26.5 Å². The zero-order valence-corrected chi connectivity index (χ0v) is 18.3. The van der Waals surface area contributed by atoms with E-state index in [-0.39, 0.29) is 0 Å². The average molecular weight is 442 g/mol. The third-order valence-corrected chi connectivity index (χ3v) is 5.50. The molecule has 0 aliphatic rings. The number of oxazole rings is 1. The lowest BCUT2D eigenvalue weighted by atomic mass is 10.0. The van der Waals surface area contributed by atoms with E-state index in [2.05, 4.69) is 15.1 Å². The molecule has 0 amide bonds. The summed E-state index contributed by atoms with van der Waals surface area (Å²) < 4.78 is 7.91. The Labute approximate surface area is 183 Å². The Kier molecular flexibility index (Phi) is 5.64. The Morgan fingerprint density at radius 3 is 2.53 bits per heavy atom. The van der Waals surface area contributed by atoms with Gasteiger partial charge in [-0.15, -0.1) is 0 Å². The monoisotopic (exact) mass is 441 g/mol. The molecule has 4 rings (SSSR count). The standard InChI is InChI=1S/C21H20ClN5O2S/c1-4-27-12-14(10-25-27)19-26-18(13-5-7-16(23-9-13)21(2,3)28)20(29-19)30-17-8-6-15(22)11-24-17/h5-12,28H,4H2,1-3H3. The topological polar surface area (TPSA) is 89.9 Å². The van der Waals surface area contributed by atoms with Gasteiger partial charge in [0.25, 0.3) is 0 Å². The average Bonchev–Trinajstić information content (AvgIpc) is 3.36. The highest BCUT2D eigenvalue weighted by molar-refractivity contribution is 7.99. The molecule has 4 aromatic heterocycles. The van der Waals surface area contributed by atoms with Crippen molar-refractivity contribution in [3.8, 4) is 22.7 Å². The maximum absolute atomic E-state index is 10.2. The molecule has 0 aliphatic carbocycles. The van der Waals surface area contributed by atoms with Crippen molar-refractivity contribution in [2.75, 3.05) is 0 Å². The number of aromatic nitrogens is 5. The Morgan fingerprint density at radius 2 is 1.93 bits per heavy atom. The molecule has 9 heteroatoms. The lowest BCUT2D eigenvalue weighted by molar-refractivity contribution is 0.0739. The van der Waals surface area contributed by atoms with Crippen LogP contribution in [0.4, 0.5) is 0 Å². The van der Waals surface area contributed by atoms with Crippen molar-refractivity contribution < 1.29 is 9.52 Å². The predicted octanol–water partition coefficient (Wildman–Crippen LogP) is 5.05. The van der Waals surface area contributed by atoms with E-state index in [0.717, 1.165) is 22.7 Å². The summed E-state index contributed by atoms with van der Waals surface area (Å²) in [5.74, 6) is 0.465. The first kappa shape index (κ1) is 20.6. The maximum Gasteiger partial charge on any atom is 0.231 e. The van der Waals surface area contributed by atoms with Gasteiger partial charge in [-0.05, 0) is 56.8 Å². The molecule has 0 saturated carbocycles. The number of nitrogens with zero attached hydrogens (tertiary/aromatic N) is 5. The summed E-state index contributed by atoms with van der Waals surface area (Å²) >= 11 is 7.30. The molecule has 154 valence electrons. The zero-order valence-electron chi connectivity index (χ0n) is 16.7. The van der Waals surface area contributed by atoms with Crippen molar-refractivity contribution in [3.63, 3.8) is 0 Å². The lowest BCUT2D eigenvalue weighted by Crippen LogP contribution is -2.17. The fourth-order valence-electron chi connectivity index (χ4n) is 2.74. The molecule has 4 heterocycles. The van der Waals surface area contributed by atoms with Gasteiger partial charge in [0.05, 0.1) is 22.5 Å². The maximum atomic E-state index is 10.2. The number of rotatable bonds is 6. The second-order valence-electron chi connectivity index (χ2n) is 7.15. The van der Waals surface area contributed by atoms with E-state index in [4.69, 9.17) is 21.0 Å². The first-order chi connectivity index (χ1) is 14.3. The molecule has 1 N–H and O–H groups in total. The second kappa shape index (κ2) is 8.22. The highest BCUT2D eigenvalue weighted by atomic mass is 35.5. The third-order valence-electron chi connectivity index (χ3n) is 4.36. The predicted molar refractivity (Wildman–Crippen MR) is 115 cm³/mol. The van der Waals surface area contributed by atoms with E-state index in [1.807, 2.05) is 29.9 Å². The highest BCUT2D eigenvalue weighted by Gasteiger charge is 2.21. The van der Waals surface area contributed by atoms with E-state index in [0.29, 0.717) is 27.4 Å². The Balaban J connectivity index is 1.75. The van der Waals surface area contributed by atoms with Gasteiger partial charge in [0.1, 0.15) is 16.3 Å². The number of halogens is 1. The quantitative estimate of drug-likeness (QED) is 0.447. The van der Waals surface area contributed by atoms with Crippen LogP contribution in [0.3, 0.4) is 0 Å². The fraction of sp³-hybridized carbons (Fsp3) is 0.238. The smallest absolute Gasteiger partial charge is 0.231 e. The minimum Gasteiger partial charge on any atom is -0.429 e. The molecule has 7 nitrogen and oxygen atoms in total. The zero-order chi connectivity index (χ0) is 21.3. The van der Waals surface area contributed by atoms with Crippen LogP contribution in [0, 0.1) is 0 Å². The van der Waals surface area contributed by atoms with Gasteiger partial charge in [-0.25, -0.2) is 9.97 Å². The van der Waals surface area contributed by atoms with Crippen molar-refractivity contribution in [1.29, 1.82) is 0 Å². The molecule has 4 aromatic rings. The molecule has 0 bridgehead atoms. The molecular formula is C21H20ClN5O2S. The summed E-state index contributed by atoms with van der Waals surface area (Å²) in [5.41, 5.74) is 1.76. The lowest BCUT2D eigenvalue weighted by Gasteiger charge is -2.16. The number of hydrogen-bond donors (Lipinski definition) is 1. The van der Waals surface area contributed by atoms with E-state index < -0.39 is 5.60 Å². The molecular weight excluding hydrogens is 422 g/mol. The molecule has 0 fully saturated rings. The van der Waals surface area contributed by atoms with E-state index in [1.165, 1.54) is 11.8 Å². The van der Waals surface area contributed by atoms with Crippen LogP contribution in [0.5, 0.6) is 0 Å². The van der Waals surface area contributed by atoms with Crippen LogP contribution >= 0.6 is 23.4 Å². The molecule has 0 atom stereocenters. The largest absolute Gasteiger partial charge is 0.429 e. The second-order valence-corrected chi connectivity index (χ2v) is 8.58. The molecule has 0 unspecified atom stereocenters. The van der Waals surface area contributed by atoms with E-state index in [1.54, 1.807) is 44.6 Å². The van der Waals surface area contributed by atoms with Gasteiger partial charge in [0.2, 0.25) is 5.89 Å². The number of hydrogen-bond acceptors (Lipinski definition) is 7. The first-order valence-corrected chi connectivity index (χ1v) is 10.6. The van der Waals surface area contributed by atoms with Crippen LogP contribution in [0.25, 0.3) is 22.7 Å². The normalized spacial score (nSPS) is 11.8. The van der Waals surface area contributed by atoms with Gasteiger partial charge in [-0.2, -0.15) is 5.10 Å². The number of pyridine rings is 2. The van der Waals surface area contributed by atoms with Crippen LogP contribution < -0.4 is 0 Å². The summed E-state index contributed by atoms with van der Waals surface area (Å²) in [5, 5.41) is 16.4. The van der Waals surface area contributed by atoms with Crippen molar-refractivity contribution >= 4 is 23.4 Å². The van der Waals surface area contributed by atoms with Gasteiger partial charge < -0.3 is 9.52 Å². The summed E-state index contributed by atoms with van der Waals surface area (Å²) in [4.78, 5) is 13.4. The van der Waals surface area contributed by atoms with Gasteiger partial charge >= 0.3 is 0 Å². The summed E-state index contributed by atoms with van der Waals surface area (Å²) in [6.45, 7) is 6.16. The SMILES string of the molecule is CCn1cc(-c2nc(-c3ccc(C(C)(C)O)nc3)c(Sc3ccc(Cl)cn3)o2)cn1.